The average molecular weight is 329 g/mol. The van der Waals surface area contributed by atoms with E-state index in [1.54, 1.807) is 0 Å². The standard InChI is InChI=1S/C18H23N3O3/c1-12(9-10-18(23)24)19-17(22)11-16-13(2)20-21(14(16)3)15-7-5-4-6-8-15/h4-8,12H,9-11H2,1-3H3,(H,19,22)(H,23,24). The average Bonchev–Trinajstić information content (AvgIpc) is 2.82. The van der Waals surface area contributed by atoms with Crippen LogP contribution in [0.3, 0.4) is 0 Å². The monoisotopic (exact) mass is 329 g/mol. The van der Waals surface area contributed by atoms with E-state index in [0.29, 0.717) is 6.42 Å². The summed E-state index contributed by atoms with van der Waals surface area (Å²) in [6.45, 7) is 5.65. The molecule has 2 aromatic rings. The molecule has 2 rings (SSSR count). The molecule has 1 heterocycles. The maximum Gasteiger partial charge on any atom is 0.303 e. The second-order valence-corrected chi connectivity index (χ2v) is 5.97. The summed E-state index contributed by atoms with van der Waals surface area (Å²) in [7, 11) is 0. The molecule has 0 fully saturated rings. The minimum Gasteiger partial charge on any atom is -0.481 e. The van der Waals surface area contributed by atoms with E-state index in [9.17, 15) is 9.59 Å². The van der Waals surface area contributed by atoms with Gasteiger partial charge in [-0.15, -0.1) is 0 Å². The van der Waals surface area contributed by atoms with Gasteiger partial charge in [0.2, 0.25) is 5.91 Å². The minimum absolute atomic E-state index is 0.0471. The lowest BCUT2D eigenvalue weighted by Crippen LogP contribution is -2.34. The van der Waals surface area contributed by atoms with E-state index in [4.69, 9.17) is 5.11 Å². The Morgan fingerprint density at radius 2 is 1.92 bits per heavy atom. The van der Waals surface area contributed by atoms with E-state index in [2.05, 4.69) is 10.4 Å². The first-order valence-corrected chi connectivity index (χ1v) is 8.00. The van der Waals surface area contributed by atoms with Gasteiger partial charge in [0.25, 0.3) is 0 Å². The molecule has 1 amide bonds. The summed E-state index contributed by atoms with van der Waals surface area (Å²) in [4.78, 5) is 22.8. The van der Waals surface area contributed by atoms with E-state index in [0.717, 1.165) is 22.6 Å². The molecule has 2 N–H and O–H groups in total. The Balaban J connectivity index is 2.06. The molecular formula is C18H23N3O3. The number of carbonyl (C=O) groups is 2. The van der Waals surface area contributed by atoms with Gasteiger partial charge in [0, 0.05) is 23.7 Å². The number of para-hydroxylation sites is 1. The highest BCUT2D eigenvalue weighted by Gasteiger charge is 2.17. The second kappa shape index (κ2) is 7.77. The van der Waals surface area contributed by atoms with Crippen molar-refractivity contribution in [2.75, 3.05) is 0 Å². The van der Waals surface area contributed by atoms with Crippen LogP contribution in [0.25, 0.3) is 5.69 Å². The summed E-state index contributed by atoms with van der Waals surface area (Å²) in [6, 6.07) is 9.61. The molecule has 0 radical (unpaired) electrons. The number of carbonyl (C=O) groups excluding carboxylic acids is 1. The normalized spacial score (nSPS) is 12.0. The number of carboxylic acid groups (broad SMARTS) is 1. The van der Waals surface area contributed by atoms with Gasteiger partial charge in [0.1, 0.15) is 0 Å². The van der Waals surface area contributed by atoms with Crippen molar-refractivity contribution in [1.82, 2.24) is 15.1 Å². The van der Waals surface area contributed by atoms with Crippen molar-refractivity contribution in [2.24, 2.45) is 0 Å². The van der Waals surface area contributed by atoms with E-state index >= 15 is 0 Å². The van der Waals surface area contributed by atoms with Crippen LogP contribution in [0.4, 0.5) is 0 Å². The fourth-order valence-electron chi connectivity index (χ4n) is 2.65. The number of aryl methyl sites for hydroxylation is 1. The summed E-state index contributed by atoms with van der Waals surface area (Å²) < 4.78 is 1.84. The zero-order valence-electron chi connectivity index (χ0n) is 14.2. The number of carboxylic acids is 1. The molecule has 24 heavy (non-hydrogen) atoms. The lowest BCUT2D eigenvalue weighted by atomic mass is 10.1. The van der Waals surface area contributed by atoms with E-state index in [-0.39, 0.29) is 24.8 Å². The zero-order chi connectivity index (χ0) is 17.7. The number of benzene rings is 1. The van der Waals surface area contributed by atoms with Crippen molar-refractivity contribution in [1.29, 1.82) is 0 Å². The molecular weight excluding hydrogens is 306 g/mol. The Labute approximate surface area is 141 Å². The van der Waals surface area contributed by atoms with Crippen LogP contribution in [0.2, 0.25) is 0 Å². The summed E-state index contributed by atoms with van der Waals surface area (Å²) in [5.41, 5.74) is 3.62. The molecule has 0 aliphatic carbocycles. The van der Waals surface area contributed by atoms with Crippen molar-refractivity contribution < 1.29 is 14.7 Å². The summed E-state index contributed by atoms with van der Waals surface area (Å²) >= 11 is 0. The fraction of sp³-hybridized carbons (Fsp3) is 0.389. The third kappa shape index (κ3) is 4.44. The molecule has 1 aromatic heterocycles. The summed E-state index contributed by atoms with van der Waals surface area (Å²) in [6.07, 6.45) is 0.704. The smallest absolute Gasteiger partial charge is 0.303 e. The van der Waals surface area contributed by atoms with Crippen LogP contribution in [0.15, 0.2) is 30.3 Å². The molecule has 0 saturated carbocycles. The molecule has 0 aliphatic rings. The summed E-state index contributed by atoms with van der Waals surface area (Å²) in [5, 5.41) is 16.1. The number of aromatic nitrogens is 2. The Hall–Kier alpha value is -2.63. The second-order valence-electron chi connectivity index (χ2n) is 5.97. The zero-order valence-corrected chi connectivity index (χ0v) is 14.2. The lowest BCUT2D eigenvalue weighted by molar-refractivity contribution is -0.137. The van der Waals surface area contributed by atoms with Crippen LogP contribution in [0.1, 0.15) is 36.7 Å². The Bertz CT molecular complexity index is 723. The number of rotatable bonds is 7. The highest BCUT2D eigenvalue weighted by molar-refractivity contribution is 5.79. The first-order chi connectivity index (χ1) is 11.4. The molecule has 0 aliphatic heterocycles. The van der Waals surface area contributed by atoms with Gasteiger partial charge >= 0.3 is 5.97 Å². The van der Waals surface area contributed by atoms with Crippen molar-refractivity contribution in [3.8, 4) is 5.69 Å². The quantitative estimate of drug-likeness (QED) is 0.817. The SMILES string of the molecule is Cc1nn(-c2ccccc2)c(C)c1CC(=O)NC(C)CCC(=O)O. The number of nitrogens with one attached hydrogen (secondary N) is 1. The van der Waals surface area contributed by atoms with Gasteiger partial charge in [-0.25, -0.2) is 4.68 Å². The van der Waals surface area contributed by atoms with Crippen LogP contribution >= 0.6 is 0 Å². The van der Waals surface area contributed by atoms with Crippen molar-refractivity contribution >= 4 is 11.9 Å². The van der Waals surface area contributed by atoms with Crippen LogP contribution in [0, 0.1) is 13.8 Å². The van der Waals surface area contributed by atoms with Crippen molar-refractivity contribution in [2.45, 2.75) is 46.1 Å². The number of nitrogens with zero attached hydrogens (tertiary/aromatic N) is 2. The van der Waals surface area contributed by atoms with Crippen molar-refractivity contribution in [3.63, 3.8) is 0 Å². The maximum atomic E-state index is 12.2. The first-order valence-electron chi connectivity index (χ1n) is 8.00. The topological polar surface area (TPSA) is 84.2 Å². The fourth-order valence-corrected chi connectivity index (χ4v) is 2.65. The largest absolute Gasteiger partial charge is 0.481 e. The van der Waals surface area contributed by atoms with Crippen LogP contribution < -0.4 is 5.32 Å². The summed E-state index contributed by atoms with van der Waals surface area (Å²) in [5.74, 6) is -0.973. The number of aliphatic carboxylic acids is 1. The lowest BCUT2D eigenvalue weighted by Gasteiger charge is -2.13. The van der Waals surface area contributed by atoms with Gasteiger partial charge in [-0.05, 0) is 39.3 Å². The number of hydrogen-bond acceptors (Lipinski definition) is 3. The molecule has 0 saturated heterocycles. The highest BCUT2D eigenvalue weighted by Crippen LogP contribution is 2.18. The van der Waals surface area contributed by atoms with Gasteiger partial charge in [-0.3, -0.25) is 9.59 Å². The molecule has 1 atom stereocenters. The minimum atomic E-state index is -0.855. The van der Waals surface area contributed by atoms with Crippen LogP contribution in [0.5, 0.6) is 0 Å². The van der Waals surface area contributed by atoms with E-state index in [1.807, 2.05) is 55.8 Å². The molecule has 1 aromatic carbocycles. The van der Waals surface area contributed by atoms with E-state index in [1.165, 1.54) is 0 Å². The Kier molecular flexibility index (Phi) is 5.73. The highest BCUT2D eigenvalue weighted by atomic mass is 16.4. The Morgan fingerprint density at radius 1 is 1.25 bits per heavy atom. The van der Waals surface area contributed by atoms with Gasteiger partial charge in [0.15, 0.2) is 0 Å². The van der Waals surface area contributed by atoms with E-state index < -0.39 is 5.97 Å². The van der Waals surface area contributed by atoms with Crippen LogP contribution in [-0.4, -0.2) is 32.8 Å². The molecule has 6 nitrogen and oxygen atoms in total. The molecule has 128 valence electrons. The molecule has 6 heteroatoms. The predicted octanol–water partition coefficient (Wildman–Crippen LogP) is 2.40. The molecule has 0 spiro atoms. The van der Waals surface area contributed by atoms with Gasteiger partial charge in [0.05, 0.1) is 17.8 Å². The maximum absolute atomic E-state index is 12.2. The number of hydrogen-bond donors (Lipinski definition) is 2. The third-order valence-electron chi connectivity index (χ3n) is 3.98. The van der Waals surface area contributed by atoms with Crippen molar-refractivity contribution in [3.05, 3.63) is 47.3 Å². The molecule has 0 bridgehead atoms. The number of amides is 1. The Morgan fingerprint density at radius 3 is 2.54 bits per heavy atom. The third-order valence-corrected chi connectivity index (χ3v) is 3.98. The molecule has 1 unspecified atom stereocenters. The predicted molar refractivity (Wildman–Crippen MR) is 91.2 cm³/mol. The first kappa shape index (κ1) is 17.7. The van der Waals surface area contributed by atoms with Gasteiger partial charge < -0.3 is 10.4 Å². The van der Waals surface area contributed by atoms with Gasteiger partial charge in [-0.2, -0.15) is 5.10 Å². The van der Waals surface area contributed by atoms with Crippen LogP contribution in [-0.2, 0) is 16.0 Å². The van der Waals surface area contributed by atoms with Gasteiger partial charge in [-0.1, -0.05) is 18.2 Å².